The normalized spacial score (nSPS) is 19.2. The van der Waals surface area contributed by atoms with E-state index in [9.17, 15) is 4.79 Å². The van der Waals surface area contributed by atoms with E-state index in [1.807, 2.05) is 23.4 Å². The fourth-order valence-electron chi connectivity index (χ4n) is 4.45. The third-order valence-electron chi connectivity index (χ3n) is 6.16. The maximum Gasteiger partial charge on any atom is 0.245 e. The summed E-state index contributed by atoms with van der Waals surface area (Å²) in [7, 11) is 0. The van der Waals surface area contributed by atoms with Crippen molar-refractivity contribution in [1.82, 2.24) is 24.5 Å². The van der Waals surface area contributed by atoms with Crippen molar-refractivity contribution in [2.45, 2.75) is 18.8 Å². The Balaban J connectivity index is 1.38. The molecule has 0 aromatic carbocycles. The molecule has 1 N–H and O–H groups in total. The Bertz CT molecular complexity index is 1110. The fraction of sp³-hybridized carbons (Fsp3) is 0.391. The van der Waals surface area contributed by atoms with Gasteiger partial charge in [-0.25, -0.2) is 14.5 Å². The number of rotatable bonds is 5. The standard InChI is InChI=1S/C23H27N7O2/c1-2-22(31)29-7-3-4-17(14-29)18-12-20(23-25-16-26-30(23)15-18)27-21-6-5-19(13-24-21)28-8-10-32-11-9-28/h2,5-6,12-13,15-17H,1,3-4,7-11,14H2,(H,24,27). The largest absolute Gasteiger partial charge is 0.378 e. The second kappa shape index (κ2) is 8.96. The van der Waals surface area contributed by atoms with Crippen LogP contribution < -0.4 is 10.2 Å². The molecular weight excluding hydrogens is 406 g/mol. The number of fused-ring (bicyclic) bond motifs is 1. The molecule has 0 spiro atoms. The van der Waals surface area contributed by atoms with Gasteiger partial charge >= 0.3 is 0 Å². The number of pyridine rings is 2. The van der Waals surface area contributed by atoms with Gasteiger partial charge in [0.05, 0.1) is 30.8 Å². The van der Waals surface area contributed by atoms with Crippen molar-refractivity contribution in [3.63, 3.8) is 0 Å². The highest BCUT2D eigenvalue weighted by Gasteiger charge is 2.25. The number of ether oxygens (including phenoxy) is 1. The Morgan fingerprint density at radius 2 is 2.09 bits per heavy atom. The first-order chi connectivity index (χ1) is 15.7. The van der Waals surface area contributed by atoms with Gasteiger partial charge in [0.2, 0.25) is 5.91 Å². The van der Waals surface area contributed by atoms with Gasteiger partial charge in [0.25, 0.3) is 0 Å². The van der Waals surface area contributed by atoms with Gasteiger partial charge in [-0.1, -0.05) is 6.58 Å². The van der Waals surface area contributed by atoms with Gasteiger partial charge in [0, 0.05) is 38.3 Å². The van der Waals surface area contributed by atoms with Crippen molar-refractivity contribution in [3.8, 4) is 0 Å². The summed E-state index contributed by atoms with van der Waals surface area (Å²) < 4.78 is 7.21. The van der Waals surface area contributed by atoms with Crippen molar-refractivity contribution in [2.24, 2.45) is 0 Å². The number of hydrogen-bond acceptors (Lipinski definition) is 7. The Kier molecular flexibility index (Phi) is 5.72. The molecule has 0 radical (unpaired) electrons. The molecule has 1 atom stereocenters. The number of likely N-dealkylation sites (tertiary alicyclic amines) is 1. The summed E-state index contributed by atoms with van der Waals surface area (Å²) in [6.45, 7) is 8.32. The predicted octanol–water partition coefficient (Wildman–Crippen LogP) is 2.60. The van der Waals surface area contributed by atoms with Gasteiger partial charge in [-0.05, 0) is 42.7 Å². The maximum absolute atomic E-state index is 12.1. The number of aromatic nitrogens is 4. The SMILES string of the molecule is C=CC(=O)N1CCCC(c2cc(Nc3ccc(N4CCOCC4)cn3)c3ncnn3c2)C1. The lowest BCUT2D eigenvalue weighted by atomic mass is 9.91. The molecule has 2 aliphatic rings. The summed E-state index contributed by atoms with van der Waals surface area (Å²) >= 11 is 0. The second-order valence-electron chi connectivity index (χ2n) is 8.17. The van der Waals surface area contributed by atoms with Gasteiger partial charge in [-0.3, -0.25) is 4.79 Å². The maximum atomic E-state index is 12.1. The van der Waals surface area contributed by atoms with Crippen LogP contribution in [0.1, 0.15) is 24.3 Å². The topological polar surface area (TPSA) is 87.9 Å². The smallest absolute Gasteiger partial charge is 0.245 e. The molecule has 0 bridgehead atoms. The molecule has 5 heterocycles. The highest BCUT2D eigenvalue weighted by molar-refractivity contribution is 5.87. The zero-order chi connectivity index (χ0) is 21.9. The van der Waals surface area contributed by atoms with Crippen LogP contribution in [0, 0.1) is 0 Å². The summed E-state index contributed by atoms with van der Waals surface area (Å²) in [6, 6.07) is 6.16. The van der Waals surface area contributed by atoms with E-state index in [-0.39, 0.29) is 11.8 Å². The average Bonchev–Trinajstić information content (AvgIpc) is 3.34. The number of anilines is 3. The van der Waals surface area contributed by atoms with Gasteiger partial charge in [-0.15, -0.1) is 0 Å². The number of nitrogens with zero attached hydrogens (tertiary/aromatic N) is 6. The summed E-state index contributed by atoms with van der Waals surface area (Å²) in [5.74, 6) is 0.967. The third kappa shape index (κ3) is 4.16. The van der Waals surface area contributed by atoms with Gasteiger partial charge in [0.15, 0.2) is 5.65 Å². The first-order valence-corrected chi connectivity index (χ1v) is 11.0. The summed E-state index contributed by atoms with van der Waals surface area (Å²) in [6.07, 6.45) is 8.82. The molecule has 9 nitrogen and oxygen atoms in total. The number of morpholine rings is 1. The summed E-state index contributed by atoms with van der Waals surface area (Å²) in [4.78, 5) is 25.3. The predicted molar refractivity (Wildman–Crippen MR) is 122 cm³/mol. The molecule has 2 saturated heterocycles. The highest BCUT2D eigenvalue weighted by Crippen LogP contribution is 2.31. The zero-order valence-corrected chi connectivity index (χ0v) is 18.0. The lowest BCUT2D eigenvalue weighted by Gasteiger charge is -2.32. The van der Waals surface area contributed by atoms with E-state index in [4.69, 9.17) is 4.74 Å². The number of carbonyl (C=O) groups is 1. The van der Waals surface area contributed by atoms with E-state index in [1.54, 1.807) is 10.8 Å². The Morgan fingerprint density at radius 1 is 1.22 bits per heavy atom. The minimum atomic E-state index is -0.0144. The summed E-state index contributed by atoms with van der Waals surface area (Å²) in [5.41, 5.74) is 3.80. The first kappa shape index (κ1) is 20.4. The van der Waals surface area contributed by atoms with Crippen molar-refractivity contribution in [1.29, 1.82) is 0 Å². The average molecular weight is 434 g/mol. The molecule has 1 amide bonds. The highest BCUT2D eigenvalue weighted by atomic mass is 16.5. The number of hydrogen-bond donors (Lipinski definition) is 1. The molecule has 9 heteroatoms. The Hall–Kier alpha value is -3.46. The lowest BCUT2D eigenvalue weighted by molar-refractivity contribution is -0.127. The molecule has 0 aliphatic carbocycles. The molecule has 1 unspecified atom stereocenters. The van der Waals surface area contributed by atoms with E-state index in [0.717, 1.165) is 74.1 Å². The van der Waals surface area contributed by atoms with Crippen LogP contribution in [0.2, 0.25) is 0 Å². The number of piperidine rings is 1. The second-order valence-corrected chi connectivity index (χ2v) is 8.17. The summed E-state index contributed by atoms with van der Waals surface area (Å²) in [5, 5.41) is 7.77. The van der Waals surface area contributed by atoms with E-state index in [2.05, 4.69) is 44.0 Å². The van der Waals surface area contributed by atoms with Crippen LogP contribution in [-0.4, -0.2) is 69.8 Å². The quantitative estimate of drug-likeness (QED) is 0.619. The number of nitrogens with one attached hydrogen (secondary N) is 1. The van der Waals surface area contributed by atoms with Crippen LogP contribution in [0.25, 0.3) is 5.65 Å². The van der Waals surface area contributed by atoms with Crippen molar-refractivity contribution in [3.05, 3.63) is 55.1 Å². The van der Waals surface area contributed by atoms with Crippen molar-refractivity contribution < 1.29 is 9.53 Å². The van der Waals surface area contributed by atoms with Crippen molar-refractivity contribution >= 4 is 28.7 Å². The van der Waals surface area contributed by atoms with Gasteiger partial charge in [0.1, 0.15) is 12.1 Å². The molecular formula is C23H27N7O2. The first-order valence-electron chi connectivity index (χ1n) is 11.0. The van der Waals surface area contributed by atoms with Crippen LogP contribution >= 0.6 is 0 Å². The molecule has 0 saturated carbocycles. The number of carbonyl (C=O) groups excluding carboxylic acids is 1. The lowest BCUT2D eigenvalue weighted by Crippen LogP contribution is -2.38. The molecule has 32 heavy (non-hydrogen) atoms. The van der Waals surface area contributed by atoms with Gasteiger partial charge < -0.3 is 19.9 Å². The van der Waals surface area contributed by atoms with Crippen LogP contribution in [0.4, 0.5) is 17.2 Å². The molecule has 166 valence electrons. The van der Waals surface area contributed by atoms with Crippen LogP contribution in [-0.2, 0) is 9.53 Å². The van der Waals surface area contributed by atoms with Crippen LogP contribution in [0.15, 0.2) is 49.6 Å². The molecule has 2 aliphatic heterocycles. The van der Waals surface area contributed by atoms with E-state index >= 15 is 0 Å². The van der Waals surface area contributed by atoms with Gasteiger partial charge in [-0.2, -0.15) is 5.10 Å². The van der Waals surface area contributed by atoms with Crippen molar-refractivity contribution in [2.75, 3.05) is 49.6 Å². The number of amides is 1. The fourth-order valence-corrected chi connectivity index (χ4v) is 4.45. The zero-order valence-electron chi connectivity index (χ0n) is 18.0. The van der Waals surface area contributed by atoms with E-state index in [0.29, 0.717) is 6.54 Å². The Labute approximate surface area is 186 Å². The molecule has 3 aromatic rings. The van der Waals surface area contributed by atoms with Crippen LogP contribution in [0.5, 0.6) is 0 Å². The monoisotopic (exact) mass is 433 g/mol. The van der Waals surface area contributed by atoms with E-state index < -0.39 is 0 Å². The molecule has 5 rings (SSSR count). The third-order valence-corrected chi connectivity index (χ3v) is 6.16. The van der Waals surface area contributed by atoms with E-state index in [1.165, 1.54) is 6.08 Å². The minimum Gasteiger partial charge on any atom is -0.378 e. The van der Waals surface area contributed by atoms with Crippen LogP contribution in [0.3, 0.4) is 0 Å². The molecule has 3 aromatic heterocycles. The Morgan fingerprint density at radius 3 is 2.88 bits per heavy atom. The molecule has 2 fully saturated rings. The minimum absolute atomic E-state index is 0.0144.